The summed E-state index contributed by atoms with van der Waals surface area (Å²) in [7, 11) is -3.76. The average Bonchev–Trinajstić information content (AvgIpc) is 3.60. The Kier molecular flexibility index (Phi) is 5.50. The molecule has 34 heavy (non-hydrogen) atoms. The fraction of sp³-hybridized carbons (Fsp3) is 0.231. The molecule has 0 bridgehead atoms. The summed E-state index contributed by atoms with van der Waals surface area (Å²) in [4.78, 5) is 17.2. The molecule has 5 rings (SSSR count). The minimum absolute atomic E-state index is 0.202. The lowest BCUT2D eigenvalue weighted by molar-refractivity contribution is 0.0981. The standard InChI is InChI=1S/C26H24N2O5S/c1-26(11-12-26)34(31,32)28-25(30)21-8-3-2-7-20(21)17-9-10-22-23(15-17)33-16-18(24(22)29)14-19-6-4-5-13-27-19/h2-10,13-15,24,29H,11-12,16H2,1H3,(H,28,30)/b18-14+/t24-/m1/s1. The van der Waals surface area contributed by atoms with Gasteiger partial charge >= 0.3 is 0 Å². The first kappa shape index (κ1) is 22.3. The Morgan fingerprint density at radius 2 is 1.91 bits per heavy atom. The molecule has 0 saturated heterocycles. The van der Waals surface area contributed by atoms with Crippen LogP contribution < -0.4 is 9.46 Å². The molecule has 8 heteroatoms. The topological polar surface area (TPSA) is 106 Å². The van der Waals surface area contributed by atoms with Crippen molar-refractivity contribution >= 4 is 22.0 Å². The second-order valence-electron chi connectivity index (χ2n) is 8.85. The molecule has 1 atom stereocenters. The number of carbonyl (C=O) groups is 1. The van der Waals surface area contributed by atoms with Crippen molar-refractivity contribution < 1.29 is 23.1 Å². The minimum Gasteiger partial charge on any atom is -0.489 e. The van der Waals surface area contributed by atoms with Gasteiger partial charge in [0.1, 0.15) is 18.5 Å². The van der Waals surface area contributed by atoms with Crippen LogP contribution in [-0.4, -0.2) is 35.8 Å². The van der Waals surface area contributed by atoms with Gasteiger partial charge in [-0.1, -0.05) is 36.4 Å². The maximum Gasteiger partial charge on any atom is 0.265 e. The molecule has 2 aliphatic rings. The van der Waals surface area contributed by atoms with Crippen LogP contribution in [0, 0.1) is 0 Å². The Bertz CT molecular complexity index is 1400. The number of nitrogens with zero attached hydrogens (tertiary/aromatic N) is 1. The molecule has 2 N–H and O–H groups in total. The maximum absolute atomic E-state index is 12.9. The minimum atomic E-state index is -3.76. The molecule has 2 aromatic carbocycles. The van der Waals surface area contributed by atoms with E-state index in [9.17, 15) is 18.3 Å². The molecule has 0 radical (unpaired) electrons. The van der Waals surface area contributed by atoms with E-state index in [1.165, 1.54) is 0 Å². The number of hydrogen-bond donors (Lipinski definition) is 2. The highest BCUT2D eigenvalue weighted by Crippen LogP contribution is 2.42. The van der Waals surface area contributed by atoms with Crippen molar-refractivity contribution in [2.75, 3.05) is 6.61 Å². The van der Waals surface area contributed by atoms with Gasteiger partial charge in [-0.15, -0.1) is 0 Å². The van der Waals surface area contributed by atoms with Gasteiger partial charge in [0.25, 0.3) is 5.91 Å². The monoisotopic (exact) mass is 476 g/mol. The van der Waals surface area contributed by atoms with Gasteiger partial charge in [0.15, 0.2) is 0 Å². The molecule has 0 unspecified atom stereocenters. The number of aromatic nitrogens is 1. The van der Waals surface area contributed by atoms with Gasteiger partial charge in [-0.05, 0) is 61.2 Å². The fourth-order valence-electron chi connectivity index (χ4n) is 3.94. The lowest BCUT2D eigenvalue weighted by Gasteiger charge is -2.26. The molecule has 1 aliphatic carbocycles. The summed E-state index contributed by atoms with van der Waals surface area (Å²) >= 11 is 0. The molecule has 2 heterocycles. The summed E-state index contributed by atoms with van der Waals surface area (Å²) in [6.07, 6.45) is 3.73. The number of fused-ring (bicyclic) bond motifs is 1. The van der Waals surface area contributed by atoms with Crippen LogP contribution in [0.4, 0.5) is 0 Å². The highest BCUT2D eigenvalue weighted by atomic mass is 32.2. The second kappa shape index (κ2) is 8.38. The molecule has 3 aromatic rings. The molecular weight excluding hydrogens is 452 g/mol. The molecule has 174 valence electrons. The summed E-state index contributed by atoms with van der Waals surface area (Å²) in [6, 6.07) is 17.7. The molecular formula is C26H24N2O5S. The zero-order valence-corrected chi connectivity index (χ0v) is 19.4. The highest BCUT2D eigenvalue weighted by Gasteiger charge is 2.51. The van der Waals surface area contributed by atoms with Crippen LogP contribution in [0.25, 0.3) is 17.2 Å². The number of nitrogens with one attached hydrogen (secondary N) is 1. The molecule has 7 nitrogen and oxygen atoms in total. The maximum atomic E-state index is 12.9. The van der Waals surface area contributed by atoms with Gasteiger partial charge in [-0.2, -0.15) is 0 Å². The zero-order valence-electron chi connectivity index (χ0n) is 18.6. The van der Waals surface area contributed by atoms with Crippen LogP contribution >= 0.6 is 0 Å². The SMILES string of the molecule is CC1(S(=O)(=O)NC(=O)c2ccccc2-c2ccc3c(c2)OC/C(=C\c2ccccn2)[C@H]3O)CC1. The third-order valence-corrected chi connectivity index (χ3v) is 8.55. The van der Waals surface area contributed by atoms with Crippen LogP contribution in [0.3, 0.4) is 0 Å². The largest absolute Gasteiger partial charge is 0.489 e. The summed E-state index contributed by atoms with van der Waals surface area (Å²) in [5.41, 5.74) is 3.55. The van der Waals surface area contributed by atoms with Gasteiger partial charge in [-0.3, -0.25) is 9.78 Å². The fourth-order valence-corrected chi connectivity index (χ4v) is 5.18. The number of pyridine rings is 1. The number of hydrogen-bond acceptors (Lipinski definition) is 6. The van der Waals surface area contributed by atoms with Crippen molar-refractivity contribution in [3.8, 4) is 16.9 Å². The van der Waals surface area contributed by atoms with Crippen LogP contribution in [0.15, 0.2) is 72.4 Å². The molecule has 0 spiro atoms. The van der Waals surface area contributed by atoms with Crippen LogP contribution in [0.5, 0.6) is 5.75 Å². The number of aliphatic hydroxyl groups excluding tert-OH is 1. The molecule has 1 fully saturated rings. The highest BCUT2D eigenvalue weighted by molar-refractivity contribution is 7.91. The number of benzene rings is 2. The summed E-state index contributed by atoms with van der Waals surface area (Å²) in [6.45, 7) is 1.84. The van der Waals surface area contributed by atoms with E-state index in [0.29, 0.717) is 40.9 Å². The van der Waals surface area contributed by atoms with Crippen molar-refractivity contribution in [2.24, 2.45) is 0 Å². The second-order valence-corrected chi connectivity index (χ2v) is 11.0. The Balaban J connectivity index is 1.44. The van der Waals surface area contributed by atoms with Gasteiger partial charge in [-0.25, -0.2) is 13.1 Å². The van der Waals surface area contributed by atoms with E-state index in [1.54, 1.807) is 55.6 Å². The first-order valence-corrected chi connectivity index (χ1v) is 12.5. The molecule has 1 saturated carbocycles. The van der Waals surface area contributed by atoms with E-state index < -0.39 is 26.8 Å². The van der Waals surface area contributed by atoms with E-state index in [-0.39, 0.29) is 12.2 Å². The van der Waals surface area contributed by atoms with E-state index in [2.05, 4.69) is 9.71 Å². The van der Waals surface area contributed by atoms with Crippen molar-refractivity contribution in [1.82, 2.24) is 9.71 Å². The summed E-state index contributed by atoms with van der Waals surface area (Å²) in [5.74, 6) is -0.153. The van der Waals surface area contributed by atoms with E-state index in [4.69, 9.17) is 4.74 Å². The Labute approximate surface area is 198 Å². The summed E-state index contributed by atoms with van der Waals surface area (Å²) in [5, 5.41) is 10.9. The van der Waals surface area contributed by atoms with E-state index >= 15 is 0 Å². The third kappa shape index (κ3) is 4.10. The van der Waals surface area contributed by atoms with Crippen LogP contribution in [0.2, 0.25) is 0 Å². The van der Waals surface area contributed by atoms with Crippen molar-refractivity contribution in [3.05, 3.63) is 89.3 Å². The average molecular weight is 477 g/mol. The first-order chi connectivity index (χ1) is 16.3. The zero-order chi connectivity index (χ0) is 23.9. The van der Waals surface area contributed by atoms with Gasteiger partial charge < -0.3 is 9.84 Å². The van der Waals surface area contributed by atoms with Gasteiger partial charge in [0.2, 0.25) is 10.0 Å². The quantitative estimate of drug-likeness (QED) is 0.579. The third-order valence-electron chi connectivity index (χ3n) is 6.39. The van der Waals surface area contributed by atoms with Gasteiger partial charge in [0, 0.05) is 22.9 Å². The lowest BCUT2D eigenvalue weighted by atomic mass is 9.93. The van der Waals surface area contributed by atoms with Crippen molar-refractivity contribution in [2.45, 2.75) is 30.6 Å². The number of sulfonamides is 1. The predicted octanol–water partition coefficient (Wildman–Crippen LogP) is 3.87. The van der Waals surface area contributed by atoms with Crippen LogP contribution in [-0.2, 0) is 10.0 Å². The number of aliphatic hydroxyl groups is 1. The van der Waals surface area contributed by atoms with E-state index in [1.807, 2.05) is 24.3 Å². The Hall–Kier alpha value is -3.49. The normalized spacial score (nSPS) is 19.7. The predicted molar refractivity (Wildman–Crippen MR) is 129 cm³/mol. The summed E-state index contributed by atoms with van der Waals surface area (Å²) < 4.78 is 32.4. The van der Waals surface area contributed by atoms with E-state index in [0.717, 1.165) is 5.69 Å². The van der Waals surface area contributed by atoms with Crippen LogP contribution in [0.1, 0.15) is 47.5 Å². The number of rotatable bonds is 5. The van der Waals surface area contributed by atoms with Gasteiger partial charge in [0.05, 0.1) is 10.4 Å². The number of ether oxygens (including phenoxy) is 1. The smallest absolute Gasteiger partial charge is 0.265 e. The Morgan fingerprint density at radius 3 is 2.65 bits per heavy atom. The number of carbonyl (C=O) groups excluding carboxylic acids is 1. The number of amides is 1. The molecule has 1 aromatic heterocycles. The first-order valence-electron chi connectivity index (χ1n) is 11.0. The lowest BCUT2D eigenvalue weighted by Crippen LogP contribution is -2.38. The van der Waals surface area contributed by atoms with Crippen molar-refractivity contribution in [1.29, 1.82) is 0 Å². The van der Waals surface area contributed by atoms with Crippen molar-refractivity contribution in [3.63, 3.8) is 0 Å². The Morgan fingerprint density at radius 1 is 1.15 bits per heavy atom. The molecule has 1 aliphatic heterocycles. The molecule has 1 amide bonds.